The zero-order valence-electron chi connectivity index (χ0n) is 13.4. The number of imidazole rings is 1. The lowest BCUT2D eigenvalue weighted by Gasteiger charge is -2.38. The minimum atomic E-state index is -0.321. The maximum Gasteiger partial charge on any atom is 0.356 e. The molecular formula is C19H22N2O2. The number of benzene rings is 1. The van der Waals surface area contributed by atoms with Crippen molar-refractivity contribution in [3.05, 3.63) is 66.8 Å². The van der Waals surface area contributed by atoms with Crippen LogP contribution in [0.5, 0.6) is 0 Å². The van der Waals surface area contributed by atoms with Crippen molar-refractivity contribution in [3.8, 4) is 0 Å². The summed E-state index contributed by atoms with van der Waals surface area (Å²) in [5.74, 6) is -0.321. The Labute approximate surface area is 136 Å². The van der Waals surface area contributed by atoms with E-state index in [-0.39, 0.29) is 17.4 Å². The molecule has 1 heterocycles. The van der Waals surface area contributed by atoms with Gasteiger partial charge in [-0.05, 0) is 25.3 Å². The van der Waals surface area contributed by atoms with Crippen LogP contribution in [0.2, 0.25) is 0 Å². The van der Waals surface area contributed by atoms with E-state index in [4.69, 9.17) is 4.74 Å². The van der Waals surface area contributed by atoms with E-state index in [1.54, 1.807) is 12.5 Å². The van der Waals surface area contributed by atoms with Crippen molar-refractivity contribution in [2.75, 3.05) is 6.61 Å². The lowest BCUT2D eigenvalue weighted by Crippen LogP contribution is -2.33. The van der Waals surface area contributed by atoms with Gasteiger partial charge in [-0.3, -0.25) is 0 Å². The first-order valence-corrected chi connectivity index (χ1v) is 8.03. The molecule has 0 spiro atoms. The fourth-order valence-corrected chi connectivity index (χ4v) is 2.99. The monoisotopic (exact) mass is 310 g/mol. The first-order chi connectivity index (χ1) is 11.2. The number of carbonyl (C=O) groups is 1. The van der Waals surface area contributed by atoms with Crippen LogP contribution < -0.4 is 0 Å². The van der Waals surface area contributed by atoms with Crippen molar-refractivity contribution in [2.45, 2.75) is 32.2 Å². The molecule has 0 aliphatic heterocycles. The summed E-state index contributed by atoms with van der Waals surface area (Å²) in [6, 6.07) is 10.1. The largest absolute Gasteiger partial charge is 0.460 e. The van der Waals surface area contributed by atoms with E-state index in [1.807, 2.05) is 47.9 Å². The summed E-state index contributed by atoms with van der Waals surface area (Å²) in [6.07, 6.45) is 8.44. The van der Waals surface area contributed by atoms with Gasteiger partial charge < -0.3 is 9.30 Å². The lowest BCUT2D eigenvalue weighted by atomic mass is 9.69. The van der Waals surface area contributed by atoms with Gasteiger partial charge in [-0.2, -0.15) is 0 Å². The summed E-state index contributed by atoms with van der Waals surface area (Å²) in [5.41, 5.74) is 1.59. The van der Waals surface area contributed by atoms with Crippen LogP contribution in [0.25, 0.3) is 0 Å². The zero-order valence-corrected chi connectivity index (χ0v) is 13.4. The van der Waals surface area contributed by atoms with E-state index in [2.05, 4.69) is 11.6 Å². The molecule has 0 N–H and O–H groups in total. The van der Waals surface area contributed by atoms with Crippen molar-refractivity contribution in [1.29, 1.82) is 0 Å². The van der Waals surface area contributed by atoms with Gasteiger partial charge in [0.05, 0.1) is 18.6 Å². The minimum Gasteiger partial charge on any atom is -0.460 e. The smallest absolute Gasteiger partial charge is 0.356 e. The van der Waals surface area contributed by atoms with Gasteiger partial charge in [0.2, 0.25) is 0 Å². The summed E-state index contributed by atoms with van der Waals surface area (Å²) in [7, 11) is 0. The molecule has 1 saturated carbocycles. The highest BCUT2D eigenvalue weighted by Gasteiger charge is 2.35. The standard InChI is InChI=1S/C19H22N2O2/c1-3-19(10-7-11-19)13-23-18(22)17-12-20-14-21(17)15(2)16-8-5-4-6-9-16/h3-6,8-9,12,14-15H,1,7,10-11,13H2,2H3. The van der Waals surface area contributed by atoms with Crippen LogP contribution in [0.4, 0.5) is 0 Å². The third-order valence-corrected chi connectivity index (χ3v) is 4.85. The predicted octanol–water partition coefficient (Wildman–Crippen LogP) is 4.01. The van der Waals surface area contributed by atoms with Crippen molar-refractivity contribution < 1.29 is 9.53 Å². The maximum absolute atomic E-state index is 12.4. The molecular weight excluding hydrogens is 288 g/mol. The molecule has 23 heavy (non-hydrogen) atoms. The Balaban J connectivity index is 1.72. The zero-order chi connectivity index (χ0) is 16.3. The number of hydrogen-bond acceptors (Lipinski definition) is 3. The SMILES string of the molecule is C=CC1(COC(=O)c2cncn2C(C)c2ccccc2)CCC1. The summed E-state index contributed by atoms with van der Waals surface area (Å²) < 4.78 is 7.40. The van der Waals surface area contributed by atoms with E-state index in [9.17, 15) is 4.79 Å². The number of carbonyl (C=O) groups excluding carboxylic acids is 1. The van der Waals surface area contributed by atoms with Gasteiger partial charge >= 0.3 is 5.97 Å². The Morgan fingerprint density at radius 2 is 2.17 bits per heavy atom. The van der Waals surface area contributed by atoms with Crippen LogP contribution in [-0.2, 0) is 4.74 Å². The molecule has 0 saturated heterocycles. The number of hydrogen-bond donors (Lipinski definition) is 0. The number of nitrogens with zero attached hydrogens (tertiary/aromatic N) is 2. The fraction of sp³-hybridized carbons (Fsp3) is 0.368. The van der Waals surface area contributed by atoms with E-state index in [1.165, 1.54) is 6.42 Å². The normalized spacial score (nSPS) is 17.1. The van der Waals surface area contributed by atoms with Gasteiger partial charge in [-0.15, -0.1) is 6.58 Å². The molecule has 1 aromatic carbocycles. The molecule has 120 valence electrons. The number of rotatable bonds is 6. The van der Waals surface area contributed by atoms with Gasteiger partial charge in [-0.1, -0.05) is 42.8 Å². The molecule has 1 unspecified atom stereocenters. The van der Waals surface area contributed by atoms with Crippen LogP contribution in [-0.4, -0.2) is 22.1 Å². The molecule has 1 atom stereocenters. The van der Waals surface area contributed by atoms with Gasteiger partial charge in [0.15, 0.2) is 0 Å². The molecule has 0 bridgehead atoms. The van der Waals surface area contributed by atoms with Crippen LogP contribution in [0.15, 0.2) is 55.5 Å². The summed E-state index contributed by atoms with van der Waals surface area (Å²) in [4.78, 5) is 16.6. The molecule has 1 aliphatic carbocycles. The average molecular weight is 310 g/mol. The third-order valence-electron chi connectivity index (χ3n) is 4.85. The van der Waals surface area contributed by atoms with Crippen LogP contribution >= 0.6 is 0 Å². The van der Waals surface area contributed by atoms with Gasteiger partial charge in [-0.25, -0.2) is 9.78 Å². The van der Waals surface area contributed by atoms with Crippen LogP contribution in [0.1, 0.15) is 48.3 Å². The first-order valence-electron chi connectivity index (χ1n) is 8.03. The van der Waals surface area contributed by atoms with E-state index in [0.29, 0.717) is 12.3 Å². The molecule has 4 nitrogen and oxygen atoms in total. The predicted molar refractivity (Wildman–Crippen MR) is 89.2 cm³/mol. The van der Waals surface area contributed by atoms with Crippen molar-refractivity contribution in [2.24, 2.45) is 5.41 Å². The molecule has 2 aromatic rings. The summed E-state index contributed by atoms with van der Waals surface area (Å²) in [6.45, 7) is 6.32. The van der Waals surface area contributed by atoms with E-state index in [0.717, 1.165) is 18.4 Å². The molecule has 1 aliphatic rings. The van der Waals surface area contributed by atoms with Gasteiger partial charge in [0.1, 0.15) is 12.3 Å². The lowest BCUT2D eigenvalue weighted by molar-refractivity contribution is 0.0195. The maximum atomic E-state index is 12.4. The first kappa shape index (κ1) is 15.5. The third kappa shape index (κ3) is 3.07. The van der Waals surface area contributed by atoms with E-state index >= 15 is 0 Å². The molecule has 0 amide bonds. The second-order valence-electron chi connectivity index (χ2n) is 6.27. The average Bonchev–Trinajstić information content (AvgIpc) is 3.04. The topological polar surface area (TPSA) is 44.1 Å². The molecule has 4 heteroatoms. The summed E-state index contributed by atoms with van der Waals surface area (Å²) >= 11 is 0. The quantitative estimate of drug-likeness (QED) is 0.598. The highest BCUT2D eigenvalue weighted by Crippen LogP contribution is 2.42. The van der Waals surface area contributed by atoms with Crippen molar-refractivity contribution in [3.63, 3.8) is 0 Å². The Kier molecular flexibility index (Phi) is 4.33. The number of aromatic nitrogens is 2. The van der Waals surface area contributed by atoms with Crippen molar-refractivity contribution >= 4 is 5.97 Å². The second-order valence-corrected chi connectivity index (χ2v) is 6.27. The highest BCUT2D eigenvalue weighted by atomic mass is 16.5. The van der Waals surface area contributed by atoms with Gasteiger partial charge in [0, 0.05) is 5.41 Å². The Morgan fingerprint density at radius 3 is 2.78 bits per heavy atom. The van der Waals surface area contributed by atoms with E-state index < -0.39 is 0 Å². The second kappa shape index (κ2) is 6.41. The highest BCUT2D eigenvalue weighted by molar-refractivity contribution is 5.87. The molecule has 0 radical (unpaired) electrons. The Hall–Kier alpha value is -2.36. The van der Waals surface area contributed by atoms with Gasteiger partial charge in [0.25, 0.3) is 0 Å². The van der Waals surface area contributed by atoms with Crippen LogP contribution in [0, 0.1) is 5.41 Å². The fourth-order valence-electron chi connectivity index (χ4n) is 2.99. The summed E-state index contributed by atoms with van der Waals surface area (Å²) in [5, 5.41) is 0. The molecule has 3 rings (SSSR count). The number of esters is 1. The Morgan fingerprint density at radius 1 is 1.43 bits per heavy atom. The molecule has 1 fully saturated rings. The van der Waals surface area contributed by atoms with Crippen molar-refractivity contribution in [1.82, 2.24) is 9.55 Å². The Bertz CT molecular complexity index is 686. The molecule has 1 aromatic heterocycles. The van der Waals surface area contributed by atoms with Crippen LogP contribution in [0.3, 0.4) is 0 Å². The minimum absolute atomic E-state index is 0.0223. The number of ether oxygens (including phenoxy) is 1.